The van der Waals surface area contributed by atoms with Crippen LogP contribution in [0.2, 0.25) is 0 Å². The second-order valence-corrected chi connectivity index (χ2v) is 4.55. The number of rotatable bonds is 6. The van der Waals surface area contributed by atoms with E-state index >= 15 is 0 Å². The molecule has 0 spiro atoms. The van der Waals surface area contributed by atoms with Gasteiger partial charge in [0.05, 0.1) is 19.0 Å². The zero-order valence-electron chi connectivity index (χ0n) is 7.36. The minimum atomic E-state index is -3.28. The van der Waals surface area contributed by atoms with Gasteiger partial charge in [0.15, 0.2) is 0 Å². The van der Waals surface area contributed by atoms with Crippen LogP contribution in [-0.4, -0.2) is 57.5 Å². The highest BCUT2D eigenvalue weighted by molar-refractivity contribution is 7.89. The molecule has 0 bridgehead atoms. The van der Waals surface area contributed by atoms with Crippen molar-refractivity contribution in [2.45, 2.75) is 0 Å². The first-order valence-electron chi connectivity index (χ1n) is 3.58. The van der Waals surface area contributed by atoms with E-state index in [1.807, 2.05) is 0 Å². The van der Waals surface area contributed by atoms with E-state index < -0.39 is 10.0 Å². The molecule has 0 saturated heterocycles. The number of hydrogen-bond acceptors (Lipinski definition) is 4. The van der Waals surface area contributed by atoms with E-state index in [0.29, 0.717) is 13.2 Å². The van der Waals surface area contributed by atoms with E-state index in [4.69, 9.17) is 9.84 Å². The van der Waals surface area contributed by atoms with Crippen LogP contribution in [0.3, 0.4) is 0 Å². The smallest absolute Gasteiger partial charge is 0.216 e. The highest BCUT2D eigenvalue weighted by atomic mass is 32.2. The molecule has 0 rings (SSSR count). The Labute approximate surface area is 73.0 Å². The first-order chi connectivity index (χ1) is 5.54. The molecule has 0 aliphatic heterocycles. The number of likely N-dealkylation sites (N-methyl/N-ethyl adjacent to an activating group) is 1. The van der Waals surface area contributed by atoms with Gasteiger partial charge in [-0.2, -0.15) is 0 Å². The quantitative estimate of drug-likeness (QED) is 0.586. The fourth-order valence-corrected chi connectivity index (χ4v) is 1.53. The molecule has 0 radical (unpaired) electrons. The van der Waals surface area contributed by atoms with Crippen molar-refractivity contribution >= 4 is 10.0 Å². The minimum absolute atomic E-state index is 0.229. The number of aliphatic hydroxyl groups excluding tert-OH is 1. The fourth-order valence-electron chi connectivity index (χ4n) is 0.630. The van der Waals surface area contributed by atoms with Gasteiger partial charge in [0.2, 0.25) is 10.0 Å². The fraction of sp³-hybridized carbons (Fsp3) is 1.00. The largest absolute Gasteiger partial charge is 0.395 e. The summed E-state index contributed by atoms with van der Waals surface area (Å²) in [6, 6.07) is 0. The van der Waals surface area contributed by atoms with Gasteiger partial charge in [-0.15, -0.1) is 0 Å². The van der Waals surface area contributed by atoms with E-state index in [9.17, 15) is 8.42 Å². The predicted molar refractivity (Wildman–Crippen MR) is 45.4 cm³/mol. The lowest BCUT2D eigenvalue weighted by molar-refractivity contribution is 0.184. The lowest BCUT2D eigenvalue weighted by atomic mass is 10.7. The first kappa shape index (κ1) is 11.8. The molecule has 0 amide bonds. The van der Waals surface area contributed by atoms with Gasteiger partial charge >= 0.3 is 0 Å². The second-order valence-electron chi connectivity index (χ2n) is 2.35. The molecule has 12 heavy (non-hydrogen) atoms. The van der Waals surface area contributed by atoms with Crippen LogP contribution in [0.15, 0.2) is 0 Å². The van der Waals surface area contributed by atoms with Crippen LogP contribution < -0.4 is 0 Å². The van der Waals surface area contributed by atoms with E-state index in [1.165, 1.54) is 18.5 Å². The number of methoxy groups -OCH3 is 1. The Balaban J connectivity index is 3.98. The summed E-state index contributed by atoms with van der Waals surface area (Å²) < 4.78 is 28.2. The minimum Gasteiger partial charge on any atom is -0.395 e. The van der Waals surface area contributed by atoms with Gasteiger partial charge < -0.3 is 9.84 Å². The molecular weight excluding hydrogens is 182 g/mol. The standard InChI is InChI=1S/C6H15NO4S/c1-7(3-5-11-2)12(9,10)6-4-8/h8H,3-6H2,1-2H3. The van der Waals surface area contributed by atoms with Gasteiger partial charge in [-0.25, -0.2) is 12.7 Å². The molecule has 1 N–H and O–H groups in total. The average molecular weight is 197 g/mol. The summed E-state index contributed by atoms with van der Waals surface area (Å²) in [7, 11) is -0.310. The van der Waals surface area contributed by atoms with Crippen LogP contribution in [-0.2, 0) is 14.8 Å². The van der Waals surface area contributed by atoms with Gasteiger partial charge in [0, 0.05) is 20.7 Å². The molecule has 0 saturated carbocycles. The molecule has 0 unspecified atom stereocenters. The monoisotopic (exact) mass is 197 g/mol. The Bertz CT molecular complexity index is 202. The van der Waals surface area contributed by atoms with Crippen molar-refractivity contribution in [3.8, 4) is 0 Å². The zero-order valence-corrected chi connectivity index (χ0v) is 8.17. The summed E-state index contributed by atoms with van der Waals surface area (Å²) >= 11 is 0. The maximum absolute atomic E-state index is 11.1. The van der Waals surface area contributed by atoms with Crippen molar-refractivity contribution in [3.63, 3.8) is 0 Å². The molecule has 0 aromatic heterocycles. The van der Waals surface area contributed by atoms with Gasteiger partial charge in [0.25, 0.3) is 0 Å². The van der Waals surface area contributed by atoms with Crippen molar-refractivity contribution in [1.82, 2.24) is 4.31 Å². The molecular formula is C6H15NO4S. The van der Waals surface area contributed by atoms with Gasteiger partial charge in [0.1, 0.15) is 0 Å². The lowest BCUT2D eigenvalue weighted by Gasteiger charge is -2.15. The molecule has 0 aromatic rings. The Morgan fingerprint density at radius 1 is 1.50 bits per heavy atom. The predicted octanol–water partition coefficient (Wildman–Crippen LogP) is -1.11. The van der Waals surface area contributed by atoms with Crippen molar-refractivity contribution < 1.29 is 18.3 Å². The number of ether oxygens (including phenoxy) is 1. The summed E-state index contributed by atoms with van der Waals surface area (Å²) in [5.41, 5.74) is 0. The van der Waals surface area contributed by atoms with E-state index in [1.54, 1.807) is 0 Å². The van der Waals surface area contributed by atoms with Crippen LogP contribution in [0, 0.1) is 0 Å². The van der Waals surface area contributed by atoms with Crippen LogP contribution >= 0.6 is 0 Å². The summed E-state index contributed by atoms with van der Waals surface area (Å²) in [5.74, 6) is -0.229. The number of hydrogen-bond donors (Lipinski definition) is 1. The molecule has 5 nitrogen and oxygen atoms in total. The zero-order chi connectivity index (χ0) is 9.61. The summed E-state index contributed by atoms with van der Waals surface area (Å²) in [4.78, 5) is 0. The number of sulfonamides is 1. The SMILES string of the molecule is COCCN(C)S(=O)(=O)CCO. The lowest BCUT2D eigenvalue weighted by Crippen LogP contribution is -2.33. The molecule has 0 fully saturated rings. The van der Waals surface area contributed by atoms with Crippen molar-refractivity contribution in [2.75, 3.05) is 39.7 Å². The van der Waals surface area contributed by atoms with E-state index in [2.05, 4.69) is 0 Å². The van der Waals surface area contributed by atoms with Crippen molar-refractivity contribution in [1.29, 1.82) is 0 Å². The van der Waals surface area contributed by atoms with Crippen molar-refractivity contribution in [3.05, 3.63) is 0 Å². The highest BCUT2D eigenvalue weighted by Gasteiger charge is 2.15. The Morgan fingerprint density at radius 2 is 2.08 bits per heavy atom. The van der Waals surface area contributed by atoms with Crippen LogP contribution in [0.25, 0.3) is 0 Å². The van der Waals surface area contributed by atoms with Crippen LogP contribution in [0.4, 0.5) is 0 Å². The topological polar surface area (TPSA) is 66.8 Å². The third-order valence-electron chi connectivity index (χ3n) is 1.43. The molecule has 0 aliphatic rings. The number of nitrogens with zero attached hydrogens (tertiary/aromatic N) is 1. The molecule has 6 heteroatoms. The third-order valence-corrected chi connectivity index (χ3v) is 3.27. The second kappa shape index (κ2) is 5.47. The van der Waals surface area contributed by atoms with Crippen molar-refractivity contribution in [2.24, 2.45) is 0 Å². The molecule has 0 aliphatic carbocycles. The van der Waals surface area contributed by atoms with Crippen LogP contribution in [0.1, 0.15) is 0 Å². The van der Waals surface area contributed by atoms with Gasteiger partial charge in [-0.3, -0.25) is 0 Å². The van der Waals surface area contributed by atoms with Gasteiger partial charge in [-0.05, 0) is 0 Å². The molecule has 0 aromatic carbocycles. The summed E-state index contributed by atoms with van der Waals surface area (Å²) in [6.07, 6.45) is 0. The molecule has 0 atom stereocenters. The number of aliphatic hydroxyl groups is 1. The molecule has 0 heterocycles. The Hall–Kier alpha value is -0.170. The Morgan fingerprint density at radius 3 is 2.50 bits per heavy atom. The third kappa shape index (κ3) is 4.01. The van der Waals surface area contributed by atoms with Crippen LogP contribution in [0.5, 0.6) is 0 Å². The average Bonchev–Trinajstić information content (AvgIpc) is 2.00. The summed E-state index contributed by atoms with van der Waals surface area (Å²) in [5, 5.41) is 8.44. The van der Waals surface area contributed by atoms with E-state index in [0.717, 1.165) is 0 Å². The normalized spacial score (nSPS) is 12.3. The maximum Gasteiger partial charge on any atom is 0.216 e. The highest BCUT2D eigenvalue weighted by Crippen LogP contribution is 1.96. The van der Waals surface area contributed by atoms with E-state index in [-0.39, 0.29) is 12.4 Å². The summed E-state index contributed by atoms with van der Waals surface area (Å²) in [6.45, 7) is 0.333. The molecule has 74 valence electrons. The maximum atomic E-state index is 11.1. The van der Waals surface area contributed by atoms with Gasteiger partial charge in [-0.1, -0.05) is 0 Å². The first-order valence-corrected chi connectivity index (χ1v) is 5.19. The Kier molecular flexibility index (Phi) is 5.39.